The SMILES string of the molecule is CC(C)C(C=N)N=N. The maximum absolute atomic E-state index is 6.75. The highest BCUT2D eigenvalue weighted by atomic mass is 15.0. The van der Waals surface area contributed by atoms with E-state index < -0.39 is 0 Å². The van der Waals surface area contributed by atoms with Gasteiger partial charge in [0, 0.05) is 6.21 Å². The third-order valence-electron chi connectivity index (χ3n) is 1.00. The first-order valence-electron chi connectivity index (χ1n) is 2.59. The van der Waals surface area contributed by atoms with Gasteiger partial charge in [0.1, 0.15) is 6.04 Å². The highest BCUT2D eigenvalue weighted by Gasteiger charge is 2.05. The Morgan fingerprint density at radius 3 is 2.00 bits per heavy atom. The zero-order valence-corrected chi connectivity index (χ0v) is 5.18. The maximum atomic E-state index is 6.75. The van der Waals surface area contributed by atoms with Gasteiger partial charge in [-0.2, -0.15) is 5.11 Å². The third kappa shape index (κ3) is 1.82. The lowest BCUT2D eigenvalue weighted by atomic mass is 10.1. The molecule has 0 saturated heterocycles. The van der Waals surface area contributed by atoms with Crippen LogP contribution in [0.4, 0.5) is 0 Å². The van der Waals surface area contributed by atoms with Crippen molar-refractivity contribution >= 4 is 6.21 Å². The first kappa shape index (κ1) is 7.27. The molecular weight excluding hydrogens is 102 g/mol. The Labute approximate surface area is 49.1 Å². The lowest BCUT2D eigenvalue weighted by Crippen LogP contribution is -2.12. The molecule has 0 bridgehead atoms. The van der Waals surface area contributed by atoms with E-state index in [-0.39, 0.29) is 12.0 Å². The minimum atomic E-state index is -0.213. The number of nitrogens with one attached hydrogen (secondary N) is 2. The molecule has 0 saturated carbocycles. The molecule has 0 radical (unpaired) electrons. The van der Waals surface area contributed by atoms with E-state index in [0.29, 0.717) is 0 Å². The standard InChI is InChI=1S/C5H11N3/c1-4(2)5(3-6)8-7/h3-7H,1-2H3. The second kappa shape index (κ2) is 3.29. The Morgan fingerprint density at radius 2 is 2.00 bits per heavy atom. The molecule has 0 aliphatic rings. The quantitative estimate of drug-likeness (QED) is 0.413. The van der Waals surface area contributed by atoms with Crippen LogP contribution in [0.2, 0.25) is 0 Å². The van der Waals surface area contributed by atoms with Crippen LogP contribution in [0.3, 0.4) is 0 Å². The first-order valence-corrected chi connectivity index (χ1v) is 2.59. The Kier molecular flexibility index (Phi) is 2.99. The average molecular weight is 113 g/mol. The van der Waals surface area contributed by atoms with E-state index in [9.17, 15) is 0 Å². The summed E-state index contributed by atoms with van der Waals surface area (Å²) in [6, 6.07) is -0.213. The van der Waals surface area contributed by atoms with Crippen molar-refractivity contribution < 1.29 is 0 Å². The molecule has 0 aromatic rings. The smallest absolute Gasteiger partial charge is 0.107 e. The number of hydrogen-bond acceptors (Lipinski definition) is 3. The fourth-order valence-electron chi connectivity index (χ4n) is 0.379. The van der Waals surface area contributed by atoms with Gasteiger partial charge in [-0.3, -0.25) is 0 Å². The summed E-state index contributed by atoms with van der Waals surface area (Å²) in [7, 11) is 0. The topological polar surface area (TPSA) is 60.1 Å². The molecular formula is C5H11N3. The summed E-state index contributed by atoms with van der Waals surface area (Å²) >= 11 is 0. The van der Waals surface area contributed by atoms with Crippen LogP contribution in [-0.4, -0.2) is 12.3 Å². The van der Waals surface area contributed by atoms with Crippen molar-refractivity contribution in [1.82, 2.24) is 0 Å². The Hall–Kier alpha value is -0.730. The van der Waals surface area contributed by atoms with Gasteiger partial charge < -0.3 is 5.41 Å². The molecule has 1 unspecified atom stereocenters. The van der Waals surface area contributed by atoms with Gasteiger partial charge in [-0.1, -0.05) is 13.8 Å². The highest BCUT2D eigenvalue weighted by molar-refractivity contribution is 5.60. The molecule has 0 aliphatic carbocycles. The van der Waals surface area contributed by atoms with Crippen LogP contribution in [0.15, 0.2) is 5.11 Å². The zero-order chi connectivity index (χ0) is 6.57. The molecule has 1 atom stereocenters. The lowest BCUT2D eigenvalue weighted by Gasteiger charge is -2.05. The molecule has 0 aromatic carbocycles. The molecule has 0 aromatic heterocycles. The molecule has 0 rings (SSSR count). The fourth-order valence-corrected chi connectivity index (χ4v) is 0.379. The largest absolute Gasteiger partial charge is 0.311 e. The van der Waals surface area contributed by atoms with E-state index >= 15 is 0 Å². The summed E-state index contributed by atoms with van der Waals surface area (Å²) in [5.41, 5.74) is 6.56. The van der Waals surface area contributed by atoms with Gasteiger partial charge in [0.2, 0.25) is 0 Å². The van der Waals surface area contributed by atoms with Crippen molar-refractivity contribution in [3.05, 3.63) is 0 Å². The summed E-state index contributed by atoms with van der Waals surface area (Å²) in [5.74, 6) is 0.282. The maximum Gasteiger partial charge on any atom is 0.107 e. The summed E-state index contributed by atoms with van der Waals surface area (Å²) in [5, 5.41) is 9.96. The molecule has 0 spiro atoms. The molecule has 3 heteroatoms. The molecule has 3 nitrogen and oxygen atoms in total. The summed E-state index contributed by atoms with van der Waals surface area (Å²) in [6.07, 6.45) is 1.19. The van der Waals surface area contributed by atoms with E-state index in [1.165, 1.54) is 6.21 Å². The van der Waals surface area contributed by atoms with E-state index in [1.807, 2.05) is 13.8 Å². The van der Waals surface area contributed by atoms with Gasteiger partial charge >= 0.3 is 0 Å². The van der Waals surface area contributed by atoms with Crippen LogP contribution in [0.5, 0.6) is 0 Å². The Balaban J connectivity index is 3.68. The molecule has 0 fully saturated rings. The van der Waals surface area contributed by atoms with Gasteiger partial charge in [-0.05, 0) is 5.92 Å². The van der Waals surface area contributed by atoms with Crippen molar-refractivity contribution in [2.75, 3.05) is 0 Å². The van der Waals surface area contributed by atoms with Gasteiger partial charge in [-0.25, -0.2) is 5.53 Å². The van der Waals surface area contributed by atoms with Crippen molar-refractivity contribution in [3.63, 3.8) is 0 Å². The highest BCUT2D eigenvalue weighted by Crippen LogP contribution is 2.01. The monoisotopic (exact) mass is 113 g/mol. The Morgan fingerprint density at radius 1 is 1.50 bits per heavy atom. The predicted molar refractivity (Wildman–Crippen MR) is 32.6 cm³/mol. The third-order valence-corrected chi connectivity index (χ3v) is 1.00. The first-order chi connectivity index (χ1) is 3.72. The van der Waals surface area contributed by atoms with Crippen LogP contribution < -0.4 is 0 Å². The normalized spacial score (nSPS) is 13.4. The van der Waals surface area contributed by atoms with Crippen LogP contribution in [0.1, 0.15) is 13.8 Å². The molecule has 0 aliphatic heterocycles. The minimum Gasteiger partial charge on any atom is -0.311 e. The second-order valence-electron chi connectivity index (χ2n) is 2.03. The van der Waals surface area contributed by atoms with Crippen LogP contribution in [0.25, 0.3) is 0 Å². The van der Waals surface area contributed by atoms with E-state index in [2.05, 4.69) is 5.11 Å². The minimum absolute atomic E-state index is 0.213. The number of hydrogen-bond donors (Lipinski definition) is 2. The van der Waals surface area contributed by atoms with E-state index in [1.54, 1.807) is 0 Å². The number of nitrogens with zero attached hydrogens (tertiary/aromatic N) is 1. The average Bonchev–Trinajstić information content (AvgIpc) is 1.69. The molecule has 2 N–H and O–H groups in total. The summed E-state index contributed by atoms with van der Waals surface area (Å²) < 4.78 is 0. The van der Waals surface area contributed by atoms with Crippen LogP contribution in [-0.2, 0) is 0 Å². The zero-order valence-electron chi connectivity index (χ0n) is 5.18. The van der Waals surface area contributed by atoms with Crippen molar-refractivity contribution in [2.45, 2.75) is 19.9 Å². The van der Waals surface area contributed by atoms with Gasteiger partial charge in [0.25, 0.3) is 0 Å². The molecule has 46 valence electrons. The van der Waals surface area contributed by atoms with Gasteiger partial charge in [0.05, 0.1) is 0 Å². The number of rotatable bonds is 3. The van der Waals surface area contributed by atoms with Crippen molar-refractivity contribution in [3.8, 4) is 0 Å². The van der Waals surface area contributed by atoms with Gasteiger partial charge in [0.15, 0.2) is 0 Å². The second-order valence-corrected chi connectivity index (χ2v) is 2.03. The van der Waals surface area contributed by atoms with Crippen LogP contribution in [0, 0.1) is 16.9 Å². The fraction of sp³-hybridized carbons (Fsp3) is 0.800. The molecule has 0 heterocycles. The molecule has 0 amide bonds. The van der Waals surface area contributed by atoms with Gasteiger partial charge in [-0.15, -0.1) is 0 Å². The summed E-state index contributed by atoms with van der Waals surface area (Å²) in [6.45, 7) is 3.88. The van der Waals surface area contributed by atoms with Crippen molar-refractivity contribution in [1.29, 1.82) is 10.9 Å². The lowest BCUT2D eigenvalue weighted by molar-refractivity contribution is 0.573. The van der Waals surface area contributed by atoms with E-state index in [0.717, 1.165) is 0 Å². The van der Waals surface area contributed by atoms with Crippen LogP contribution >= 0.6 is 0 Å². The van der Waals surface area contributed by atoms with E-state index in [4.69, 9.17) is 10.9 Å². The summed E-state index contributed by atoms with van der Waals surface area (Å²) in [4.78, 5) is 0. The Bertz CT molecular complexity index is 79.7. The van der Waals surface area contributed by atoms with Crippen molar-refractivity contribution in [2.24, 2.45) is 11.0 Å². The molecule has 8 heavy (non-hydrogen) atoms. The predicted octanol–water partition coefficient (Wildman–Crippen LogP) is 1.69.